The van der Waals surface area contributed by atoms with E-state index in [1.54, 1.807) is 24.3 Å². The average Bonchev–Trinajstić information content (AvgIpc) is 2.71. The zero-order valence-corrected chi connectivity index (χ0v) is 20.3. The largest absolute Gasteiger partial charge is 0.493 e. The number of nitrogens with one attached hydrogen (secondary N) is 2. The molecule has 164 valence electrons. The smallest absolute Gasteiger partial charge is 0.240 e. The van der Waals surface area contributed by atoms with E-state index >= 15 is 0 Å². The Morgan fingerprint density at radius 1 is 1.20 bits per heavy atom. The zero-order chi connectivity index (χ0) is 20.9. The summed E-state index contributed by atoms with van der Waals surface area (Å²) >= 11 is 0. The topological polar surface area (TPSA) is 106 Å². The first kappa shape index (κ1) is 24.4. The number of ether oxygens (including phenoxy) is 1. The quantitative estimate of drug-likeness (QED) is 0.282. The van der Waals surface area contributed by atoms with E-state index in [9.17, 15) is 8.42 Å². The first-order valence-corrected chi connectivity index (χ1v) is 11.2. The van der Waals surface area contributed by atoms with Crippen LogP contribution in [0.1, 0.15) is 37.4 Å². The van der Waals surface area contributed by atoms with Crippen LogP contribution in [-0.2, 0) is 16.6 Å². The molecule has 0 radical (unpaired) electrons. The summed E-state index contributed by atoms with van der Waals surface area (Å²) < 4.78 is 32.8. The van der Waals surface area contributed by atoms with Crippen LogP contribution in [-0.4, -0.2) is 27.5 Å². The van der Waals surface area contributed by atoms with E-state index < -0.39 is 10.0 Å². The molecule has 1 atom stereocenters. The lowest BCUT2D eigenvalue weighted by Gasteiger charge is -2.26. The predicted molar refractivity (Wildman–Crippen MR) is 130 cm³/mol. The van der Waals surface area contributed by atoms with Gasteiger partial charge < -0.3 is 15.8 Å². The van der Waals surface area contributed by atoms with Gasteiger partial charge in [-0.25, -0.2) is 18.1 Å². The molecule has 1 aliphatic rings. The second kappa shape index (κ2) is 11.0. The van der Waals surface area contributed by atoms with Crippen molar-refractivity contribution < 1.29 is 13.2 Å². The number of para-hydroxylation sites is 1. The van der Waals surface area contributed by atoms with Crippen molar-refractivity contribution in [1.29, 1.82) is 0 Å². The van der Waals surface area contributed by atoms with E-state index in [4.69, 9.17) is 10.5 Å². The molecular formula is C21H29IN4O3S. The Labute approximate surface area is 195 Å². The number of nitrogens with zero attached hydrogens (tertiary/aromatic N) is 1. The summed E-state index contributed by atoms with van der Waals surface area (Å²) in [7, 11) is -3.49. The van der Waals surface area contributed by atoms with Crippen LogP contribution in [0.2, 0.25) is 0 Å². The molecule has 1 unspecified atom stereocenters. The minimum atomic E-state index is -3.49. The van der Waals surface area contributed by atoms with E-state index in [1.165, 1.54) is 0 Å². The van der Waals surface area contributed by atoms with Gasteiger partial charge in [0.15, 0.2) is 5.96 Å². The third kappa shape index (κ3) is 6.58. The minimum Gasteiger partial charge on any atom is -0.493 e. The third-order valence-electron chi connectivity index (χ3n) is 4.63. The zero-order valence-electron chi connectivity index (χ0n) is 17.2. The molecule has 9 heteroatoms. The van der Waals surface area contributed by atoms with Gasteiger partial charge in [-0.05, 0) is 29.7 Å². The highest BCUT2D eigenvalue weighted by molar-refractivity contribution is 14.0. The maximum atomic E-state index is 12.3. The molecule has 7 nitrogen and oxygen atoms in total. The monoisotopic (exact) mass is 544 g/mol. The van der Waals surface area contributed by atoms with Gasteiger partial charge in [0, 0.05) is 18.5 Å². The highest BCUT2D eigenvalue weighted by Gasteiger charge is 2.21. The Bertz CT molecular complexity index is 962. The Morgan fingerprint density at radius 3 is 2.60 bits per heavy atom. The number of rotatable bonds is 7. The van der Waals surface area contributed by atoms with Crippen LogP contribution < -0.4 is 20.5 Å². The summed E-state index contributed by atoms with van der Waals surface area (Å²) in [6.45, 7) is 5.32. The first-order chi connectivity index (χ1) is 13.8. The van der Waals surface area contributed by atoms with Crippen LogP contribution in [0.25, 0.3) is 0 Å². The van der Waals surface area contributed by atoms with E-state index in [1.807, 2.05) is 38.1 Å². The molecule has 1 heterocycles. The molecule has 0 spiro atoms. The summed E-state index contributed by atoms with van der Waals surface area (Å²) in [5, 5.41) is 3.25. The summed E-state index contributed by atoms with van der Waals surface area (Å²) in [6.07, 6.45) is 0.809. The first-order valence-electron chi connectivity index (χ1n) is 9.72. The van der Waals surface area contributed by atoms with Gasteiger partial charge in [0.1, 0.15) is 5.75 Å². The number of fused-ring (bicyclic) bond motifs is 1. The van der Waals surface area contributed by atoms with Crippen molar-refractivity contribution in [3.05, 3.63) is 59.7 Å². The van der Waals surface area contributed by atoms with Gasteiger partial charge in [-0.15, -0.1) is 24.0 Å². The normalized spacial score (nSPS) is 16.4. The fourth-order valence-corrected chi connectivity index (χ4v) is 4.24. The Hall–Kier alpha value is -1.85. The Morgan fingerprint density at radius 2 is 1.90 bits per heavy atom. The molecule has 0 saturated carbocycles. The molecule has 0 aromatic heterocycles. The number of guanidine groups is 1. The molecule has 1 aliphatic heterocycles. The summed E-state index contributed by atoms with van der Waals surface area (Å²) in [5.41, 5.74) is 8.02. The van der Waals surface area contributed by atoms with Crippen molar-refractivity contribution in [3.8, 4) is 5.75 Å². The van der Waals surface area contributed by atoms with E-state index in [2.05, 4.69) is 15.0 Å². The maximum absolute atomic E-state index is 12.3. The second-order valence-electron chi connectivity index (χ2n) is 7.46. The van der Waals surface area contributed by atoms with Crippen LogP contribution >= 0.6 is 24.0 Å². The van der Waals surface area contributed by atoms with E-state index in [0.717, 1.165) is 23.3 Å². The predicted octanol–water partition coefficient (Wildman–Crippen LogP) is 3.17. The molecule has 30 heavy (non-hydrogen) atoms. The summed E-state index contributed by atoms with van der Waals surface area (Å²) in [4.78, 5) is 4.64. The van der Waals surface area contributed by atoms with Gasteiger partial charge in [-0.3, -0.25) is 0 Å². The summed E-state index contributed by atoms with van der Waals surface area (Å²) in [6, 6.07) is 14.6. The lowest BCUT2D eigenvalue weighted by molar-refractivity contribution is 0.262. The van der Waals surface area contributed by atoms with Crippen LogP contribution in [0.5, 0.6) is 5.75 Å². The van der Waals surface area contributed by atoms with Crippen LogP contribution in [0, 0.1) is 5.92 Å². The van der Waals surface area contributed by atoms with Gasteiger partial charge in [0.25, 0.3) is 0 Å². The second-order valence-corrected chi connectivity index (χ2v) is 9.23. The Balaban J connectivity index is 0.00000320. The van der Waals surface area contributed by atoms with Crippen molar-refractivity contribution in [2.75, 3.05) is 13.2 Å². The molecule has 0 bridgehead atoms. The van der Waals surface area contributed by atoms with Crippen molar-refractivity contribution in [2.24, 2.45) is 16.6 Å². The van der Waals surface area contributed by atoms with Crippen LogP contribution in [0.3, 0.4) is 0 Å². The fraction of sp³-hybridized carbons (Fsp3) is 0.381. The van der Waals surface area contributed by atoms with Crippen molar-refractivity contribution in [2.45, 2.75) is 37.8 Å². The van der Waals surface area contributed by atoms with Crippen LogP contribution in [0.15, 0.2) is 58.4 Å². The maximum Gasteiger partial charge on any atom is 0.240 e. The SMILES string of the molecule is CC(C)CNS(=O)(=O)c1ccc(CN=C(N)NC2CCOc3ccccc32)cc1.I. The molecule has 0 saturated heterocycles. The molecule has 0 aliphatic carbocycles. The molecule has 3 rings (SSSR count). The lowest BCUT2D eigenvalue weighted by Crippen LogP contribution is -2.37. The number of hydrogen-bond acceptors (Lipinski definition) is 4. The number of benzene rings is 2. The molecular weight excluding hydrogens is 515 g/mol. The molecule has 2 aromatic rings. The van der Waals surface area contributed by atoms with E-state index in [-0.39, 0.29) is 40.8 Å². The van der Waals surface area contributed by atoms with Gasteiger partial charge in [0.05, 0.1) is 24.1 Å². The van der Waals surface area contributed by atoms with Gasteiger partial charge in [-0.2, -0.15) is 0 Å². The highest BCUT2D eigenvalue weighted by atomic mass is 127. The van der Waals surface area contributed by atoms with Crippen molar-refractivity contribution in [1.82, 2.24) is 10.0 Å². The highest BCUT2D eigenvalue weighted by Crippen LogP contribution is 2.31. The fourth-order valence-electron chi connectivity index (χ4n) is 3.03. The third-order valence-corrected chi connectivity index (χ3v) is 6.07. The van der Waals surface area contributed by atoms with Gasteiger partial charge in [0.2, 0.25) is 10.0 Å². The van der Waals surface area contributed by atoms with E-state index in [0.29, 0.717) is 25.7 Å². The standard InChI is InChI=1S/C21H28N4O3S.HI/c1-15(2)13-24-29(26,27)17-9-7-16(8-10-17)14-23-21(22)25-19-11-12-28-20-6-4-3-5-18(19)20;/h3-10,15,19,24H,11-14H2,1-2H3,(H3,22,23,25);1H. The van der Waals surface area contributed by atoms with Gasteiger partial charge in [-0.1, -0.05) is 44.2 Å². The van der Waals surface area contributed by atoms with Crippen molar-refractivity contribution in [3.63, 3.8) is 0 Å². The van der Waals surface area contributed by atoms with Crippen molar-refractivity contribution >= 4 is 40.0 Å². The average molecular weight is 544 g/mol. The number of nitrogens with two attached hydrogens (primary N) is 1. The van der Waals surface area contributed by atoms with Gasteiger partial charge >= 0.3 is 0 Å². The number of aliphatic imine (C=N–C) groups is 1. The molecule has 4 N–H and O–H groups in total. The number of hydrogen-bond donors (Lipinski definition) is 3. The number of halogens is 1. The number of sulfonamides is 1. The molecule has 0 amide bonds. The van der Waals surface area contributed by atoms with Crippen LogP contribution in [0.4, 0.5) is 0 Å². The Kier molecular flexibility index (Phi) is 8.92. The summed E-state index contributed by atoms with van der Waals surface area (Å²) in [5.74, 6) is 1.46. The molecule has 2 aromatic carbocycles. The minimum absolute atomic E-state index is 0. The lowest BCUT2D eigenvalue weighted by atomic mass is 10.0. The molecule has 0 fully saturated rings.